The molecule has 1 heterocycles. The number of carbonyl (C=O) groups excluding carboxylic acids is 1. The first-order valence-electron chi connectivity index (χ1n) is 7.09. The van der Waals surface area contributed by atoms with E-state index >= 15 is 0 Å². The van der Waals surface area contributed by atoms with Crippen molar-refractivity contribution in [2.24, 2.45) is 0 Å². The smallest absolute Gasteiger partial charge is 0.225 e. The van der Waals surface area contributed by atoms with Gasteiger partial charge in [-0.05, 0) is 34.6 Å². The average Bonchev–Trinajstić information content (AvgIpc) is 2.68. The van der Waals surface area contributed by atoms with Gasteiger partial charge in [-0.15, -0.1) is 11.3 Å². The first-order chi connectivity index (χ1) is 9.74. The van der Waals surface area contributed by atoms with E-state index in [0.717, 1.165) is 21.1 Å². The molecule has 0 saturated carbocycles. The molecule has 0 aliphatic carbocycles. The Morgan fingerprint density at radius 1 is 1.19 bits per heavy atom. The molecule has 2 aromatic rings. The van der Waals surface area contributed by atoms with Crippen LogP contribution in [0, 0.1) is 13.8 Å². The number of thiazole rings is 1. The summed E-state index contributed by atoms with van der Waals surface area (Å²) in [6.07, 6.45) is 0.381. The lowest BCUT2D eigenvalue weighted by atomic mass is 10.1. The van der Waals surface area contributed by atoms with E-state index in [4.69, 9.17) is 0 Å². The molecule has 0 saturated heterocycles. The van der Waals surface area contributed by atoms with Gasteiger partial charge < -0.3 is 5.32 Å². The number of hydrogen-bond acceptors (Lipinski definition) is 3. The summed E-state index contributed by atoms with van der Waals surface area (Å²) in [5.74, 6) is 0.0412. The van der Waals surface area contributed by atoms with Crippen LogP contribution in [0.4, 0.5) is 0 Å². The first kappa shape index (κ1) is 15.7. The third-order valence-electron chi connectivity index (χ3n) is 2.96. The van der Waals surface area contributed by atoms with Crippen LogP contribution in [0.3, 0.4) is 0 Å². The molecule has 0 atom stereocenters. The summed E-state index contributed by atoms with van der Waals surface area (Å²) in [4.78, 5) is 17.8. The number of carbonyl (C=O) groups is 1. The van der Waals surface area contributed by atoms with Gasteiger partial charge in [0.25, 0.3) is 0 Å². The van der Waals surface area contributed by atoms with Gasteiger partial charge in [0.15, 0.2) is 0 Å². The highest BCUT2D eigenvalue weighted by Gasteiger charge is 2.18. The fourth-order valence-electron chi connectivity index (χ4n) is 2.13. The Labute approximate surface area is 130 Å². The summed E-state index contributed by atoms with van der Waals surface area (Å²) in [7, 11) is 0. The van der Waals surface area contributed by atoms with Crippen LogP contribution in [-0.2, 0) is 11.2 Å². The van der Waals surface area contributed by atoms with Gasteiger partial charge in [0, 0.05) is 16.0 Å². The molecule has 1 N–H and O–H groups in total. The molecule has 21 heavy (non-hydrogen) atoms. The fourth-order valence-corrected chi connectivity index (χ4v) is 3.09. The minimum absolute atomic E-state index is 0.0412. The zero-order chi connectivity index (χ0) is 15.6. The lowest BCUT2D eigenvalue weighted by Gasteiger charge is -2.20. The third-order valence-corrected chi connectivity index (χ3v) is 3.94. The number of amides is 1. The highest BCUT2D eigenvalue weighted by Crippen LogP contribution is 2.28. The minimum atomic E-state index is -0.208. The fraction of sp³-hybridized carbons (Fsp3) is 0.412. The van der Waals surface area contributed by atoms with Crippen LogP contribution in [-0.4, -0.2) is 16.4 Å². The van der Waals surface area contributed by atoms with Gasteiger partial charge >= 0.3 is 0 Å². The van der Waals surface area contributed by atoms with Crippen molar-refractivity contribution in [2.45, 2.75) is 46.6 Å². The maximum Gasteiger partial charge on any atom is 0.225 e. The van der Waals surface area contributed by atoms with E-state index in [1.807, 2.05) is 27.7 Å². The van der Waals surface area contributed by atoms with E-state index in [1.165, 1.54) is 5.56 Å². The maximum absolute atomic E-state index is 12.1. The highest BCUT2D eigenvalue weighted by atomic mass is 32.1. The molecule has 0 fully saturated rings. The molecular formula is C17H22N2OS. The maximum atomic E-state index is 12.1. The Bertz CT molecular complexity index is 636. The molecule has 0 radical (unpaired) electrons. The van der Waals surface area contributed by atoms with Gasteiger partial charge in [0.1, 0.15) is 0 Å². The van der Waals surface area contributed by atoms with Crippen LogP contribution < -0.4 is 5.32 Å². The minimum Gasteiger partial charge on any atom is -0.351 e. The van der Waals surface area contributed by atoms with Crippen molar-refractivity contribution in [1.29, 1.82) is 0 Å². The summed E-state index contributed by atoms with van der Waals surface area (Å²) in [5, 5.41) is 3.99. The van der Waals surface area contributed by atoms with Crippen molar-refractivity contribution in [1.82, 2.24) is 10.3 Å². The summed E-state index contributed by atoms with van der Waals surface area (Å²) < 4.78 is 0. The zero-order valence-corrected chi connectivity index (χ0v) is 14.1. The van der Waals surface area contributed by atoms with Crippen LogP contribution >= 0.6 is 11.3 Å². The van der Waals surface area contributed by atoms with Gasteiger partial charge in [-0.2, -0.15) is 0 Å². The SMILES string of the molecule is Cc1ccc(-c2nc(C)sc2CC(=O)NC(C)(C)C)cc1. The van der Waals surface area contributed by atoms with Crippen molar-refractivity contribution in [3.63, 3.8) is 0 Å². The number of aryl methyl sites for hydroxylation is 2. The monoisotopic (exact) mass is 302 g/mol. The summed E-state index contributed by atoms with van der Waals surface area (Å²) in [6.45, 7) is 10.0. The molecule has 0 aliphatic heterocycles. The molecule has 0 unspecified atom stereocenters. The Morgan fingerprint density at radius 3 is 2.38 bits per heavy atom. The number of benzene rings is 1. The lowest BCUT2D eigenvalue weighted by Crippen LogP contribution is -2.41. The van der Waals surface area contributed by atoms with Crippen LogP contribution in [0.2, 0.25) is 0 Å². The van der Waals surface area contributed by atoms with Crippen molar-refractivity contribution in [3.8, 4) is 11.3 Å². The number of nitrogens with one attached hydrogen (secondary N) is 1. The largest absolute Gasteiger partial charge is 0.351 e. The Balaban J connectivity index is 2.25. The van der Waals surface area contributed by atoms with Gasteiger partial charge in [0.05, 0.1) is 17.1 Å². The molecule has 4 heteroatoms. The summed E-state index contributed by atoms with van der Waals surface area (Å²) >= 11 is 1.60. The predicted molar refractivity (Wildman–Crippen MR) is 88.6 cm³/mol. The van der Waals surface area contributed by atoms with Crippen LogP contribution in [0.15, 0.2) is 24.3 Å². The second-order valence-electron chi connectivity index (χ2n) is 6.35. The Morgan fingerprint density at radius 2 is 1.81 bits per heavy atom. The van der Waals surface area contributed by atoms with E-state index in [0.29, 0.717) is 6.42 Å². The normalized spacial score (nSPS) is 11.5. The van der Waals surface area contributed by atoms with Gasteiger partial charge in [-0.25, -0.2) is 4.98 Å². The molecular weight excluding hydrogens is 280 g/mol. The van der Waals surface area contributed by atoms with E-state index < -0.39 is 0 Å². The molecule has 3 nitrogen and oxygen atoms in total. The Kier molecular flexibility index (Phi) is 4.47. The van der Waals surface area contributed by atoms with Crippen molar-refractivity contribution in [3.05, 3.63) is 39.7 Å². The number of hydrogen-bond donors (Lipinski definition) is 1. The van der Waals surface area contributed by atoms with E-state index in [2.05, 4.69) is 41.5 Å². The molecule has 0 bridgehead atoms. The average molecular weight is 302 g/mol. The van der Waals surface area contributed by atoms with Crippen LogP contribution in [0.25, 0.3) is 11.3 Å². The molecule has 112 valence electrons. The molecule has 2 rings (SSSR count). The van der Waals surface area contributed by atoms with Crippen molar-refractivity contribution in [2.75, 3.05) is 0 Å². The van der Waals surface area contributed by atoms with Crippen LogP contribution in [0.5, 0.6) is 0 Å². The lowest BCUT2D eigenvalue weighted by molar-refractivity contribution is -0.121. The summed E-state index contributed by atoms with van der Waals surface area (Å²) in [6, 6.07) is 8.27. The van der Waals surface area contributed by atoms with E-state index in [-0.39, 0.29) is 11.4 Å². The van der Waals surface area contributed by atoms with Gasteiger partial charge in [0.2, 0.25) is 5.91 Å². The van der Waals surface area contributed by atoms with Gasteiger partial charge in [-0.1, -0.05) is 29.8 Å². The zero-order valence-electron chi connectivity index (χ0n) is 13.3. The summed E-state index contributed by atoms with van der Waals surface area (Å²) in [5.41, 5.74) is 3.02. The third kappa shape index (κ3) is 4.39. The molecule has 0 spiro atoms. The van der Waals surface area contributed by atoms with Crippen molar-refractivity contribution >= 4 is 17.2 Å². The topological polar surface area (TPSA) is 42.0 Å². The number of rotatable bonds is 3. The van der Waals surface area contributed by atoms with E-state index in [1.54, 1.807) is 11.3 Å². The van der Waals surface area contributed by atoms with E-state index in [9.17, 15) is 4.79 Å². The number of aromatic nitrogens is 1. The number of nitrogens with zero attached hydrogens (tertiary/aromatic N) is 1. The quantitative estimate of drug-likeness (QED) is 0.934. The van der Waals surface area contributed by atoms with Gasteiger partial charge in [-0.3, -0.25) is 4.79 Å². The second-order valence-corrected chi connectivity index (χ2v) is 7.63. The molecule has 1 aromatic heterocycles. The second kappa shape index (κ2) is 5.98. The molecule has 1 aromatic carbocycles. The standard InChI is InChI=1S/C17H22N2OS/c1-11-6-8-13(9-7-11)16-14(21-12(2)18-16)10-15(20)19-17(3,4)5/h6-9H,10H2,1-5H3,(H,19,20). The van der Waals surface area contributed by atoms with Crippen LogP contribution in [0.1, 0.15) is 36.2 Å². The first-order valence-corrected chi connectivity index (χ1v) is 7.90. The predicted octanol–water partition coefficient (Wildman–Crippen LogP) is 3.88. The highest BCUT2D eigenvalue weighted by molar-refractivity contribution is 7.12. The Hall–Kier alpha value is -1.68. The van der Waals surface area contributed by atoms with Crippen molar-refractivity contribution < 1.29 is 4.79 Å². The molecule has 1 amide bonds. The molecule has 0 aliphatic rings.